The van der Waals surface area contributed by atoms with Crippen molar-refractivity contribution < 1.29 is 9.53 Å². The fourth-order valence-electron chi connectivity index (χ4n) is 2.71. The topological polar surface area (TPSA) is 44.8 Å². The highest BCUT2D eigenvalue weighted by Crippen LogP contribution is 2.26. The third-order valence-electron chi connectivity index (χ3n) is 4.10. The predicted molar refractivity (Wildman–Crippen MR) is 90.9 cm³/mol. The van der Waals surface area contributed by atoms with Gasteiger partial charge in [-0.05, 0) is 31.2 Å². The van der Waals surface area contributed by atoms with E-state index in [4.69, 9.17) is 4.74 Å². The minimum atomic E-state index is -0.230. The first-order chi connectivity index (χ1) is 10.7. The van der Waals surface area contributed by atoms with Crippen LogP contribution in [0.1, 0.15) is 30.6 Å². The Morgan fingerprint density at radius 3 is 2.55 bits per heavy atom. The van der Waals surface area contributed by atoms with Gasteiger partial charge in [0.05, 0.1) is 17.9 Å². The van der Waals surface area contributed by atoms with Gasteiger partial charge in [0, 0.05) is 38.9 Å². The van der Waals surface area contributed by atoms with Gasteiger partial charge in [-0.1, -0.05) is 13.8 Å². The maximum atomic E-state index is 12.4. The molecule has 0 amide bonds. The second-order valence-electron chi connectivity index (χ2n) is 5.54. The van der Waals surface area contributed by atoms with Crippen molar-refractivity contribution in [3.8, 4) is 0 Å². The summed E-state index contributed by atoms with van der Waals surface area (Å²) < 4.78 is 5.35. The Balaban J connectivity index is 2.20. The van der Waals surface area contributed by atoms with E-state index in [1.54, 1.807) is 0 Å². The largest absolute Gasteiger partial charge is 0.462 e. The third kappa shape index (κ3) is 3.91. The number of carbonyl (C=O) groups excluding carboxylic acids is 1. The minimum Gasteiger partial charge on any atom is -0.462 e. The van der Waals surface area contributed by atoms with Crippen LogP contribution in [0, 0.1) is 0 Å². The van der Waals surface area contributed by atoms with Crippen LogP contribution in [0.15, 0.2) is 18.2 Å². The highest BCUT2D eigenvalue weighted by molar-refractivity contribution is 5.97. The molecule has 0 saturated carbocycles. The number of hydrogen-bond acceptors (Lipinski definition) is 5. The molecule has 0 aliphatic carbocycles. The SMILES string of the molecule is CCCOC(=O)c1cc(NC)ccc1N1CCN(CC)CC1. The number of nitrogens with zero attached hydrogens (tertiary/aromatic N) is 2. The van der Waals surface area contributed by atoms with Crippen molar-refractivity contribution in [3.63, 3.8) is 0 Å². The van der Waals surface area contributed by atoms with Gasteiger partial charge in [0.15, 0.2) is 0 Å². The maximum Gasteiger partial charge on any atom is 0.340 e. The first-order valence-electron chi connectivity index (χ1n) is 8.15. The summed E-state index contributed by atoms with van der Waals surface area (Å²) in [4.78, 5) is 17.1. The van der Waals surface area contributed by atoms with Crippen LogP contribution < -0.4 is 10.2 Å². The van der Waals surface area contributed by atoms with Crippen LogP contribution in [0.4, 0.5) is 11.4 Å². The summed E-state index contributed by atoms with van der Waals surface area (Å²) in [6, 6.07) is 5.92. The molecular formula is C17H27N3O2. The number of anilines is 2. The number of esters is 1. The zero-order valence-electron chi connectivity index (χ0n) is 13.9. The number of hydrogen-bond donors (Lipinski definition) is 1. The van der Waals surface area contributed by atoms with Crippen molar-refractivity contribution in [1.29, 1.82) is 0 Å². The standard InChI is InChI=1S/C17H27N3O2/c1-4-12-22-17(21)15-13-14(18-3)6-7-16(15)20-10-8-19(5-2)9-11-20/h6-7,13,18H,4-5,8-12H2,1-3H3. The molecule has 1 fully saturated rings. The average Bonchev–Trinajstić information content (AvgIpc) is 2.59. The molecule has 1 saturated heterocycles. The van der Waals surface area contributed by atoms with Crippen molar-refractivity contribution in [1.82, 2.24) is 4.90 Å². The van der Waals surface area contributed by atoms with Gasteiger partial charge in [-0.2, -0.15) is 0 Å². The van der Waals surface area contributed by atoms with Crippen LogP contribution in [0.3, 0.4) is 0 Å². The number of carbonyl (C=O) groups is 1. The number of likely N-dealkylation sites (N-methyl/N-ethyl adjacent to an activating group) is 1. The predicted octanol–water partition coefficient (Wildman–Crippen LogP) is 2.44. The van der Waals surface area contributed by atoms with E-state index in [1.165, 1.54) is 0 Å². The Morgan fingerprint density at radius 1 is 1.23 bits per heavy atom. The second-order valence-corrected chi connectivity index (χ2v) is 5.54. The van der Waals surface area contributed by atoms with Crippen molar-refractivity contribution >= 4 is 17.3 Å². The van der Waals surface area contributed by atoms with E-state index in [0.717, 1.165) is 50.5 Å². The van der Waals surface area contributed by atoms with Crippen LogP contribution in [-0.4, -0.2) is 57.2 Å². The number of nitrogens with one attached hydrogen (secondary N) is 1. The normalized spacial score (nSPS) is 15.7. The summed E-state index contributed by atoms with van der Waals surface area (Å²) >= 11 is 0. The maximum absolute atomic E-state index is 12.4. The molecule has 0 atom stereocenters. The molecule has 5 nitrogen and oxygen atoms in total. The lowest BCUT2D eigenvalue weighted by molar-refractivity contribution is 0.0505. The van der Waals surface area contributed by atoms with Crippen LogP contribution in [0.2, 0.25) is 0 Å². The quantitative estimate of drug-likeness (QED) is 0.818. The lowest BCUT2D eigenvalue weighted by Gasteiger charge is -2.36. The Bertz CT molecular complexity index is 497. The lowest BCUT2D eigenvalue weighted by atomic mass is 10.1. The van der Waals surface area contributed by atoms with E-state index in [2.05, 4.69) is 22.0 Å². The van der Waals surface area contributed by atoms with Crippen LogP contribution in [0.5, 0.6) is 0 Å². The fourth-order valence-corrected chi connectivity index (χ4v) is 2.71. The number of rotatable bonds is 6. The fraction of sp³-hybridized carbons (Fsp3) is 0.588. The third-order valence-corrected chi connectivity index (χ3v) is 4.10. The molecule has 0 bridgehead atoms. The molecule has 1 aromatic rings. The van der Waals surface area contributed by atoms with E-state index < -0.39 is 0 Å². The molecule has 0 radical (unpaired) electrons. The summed E-state index contributed by atoms with van der Waals surface area (Å²) in [7, 11) is 1.86. The molecule has 1 aliphatic heterocycles. The van der Waals surface area contributed by atoms with Gasteiger partial charge in [-0.25, -0.2) is 4.79 Å². The van der Waals surface area contributed by atoms with Crippen molar-refractivity contribution in [2.24, 2.45) is 0 Å². The monoisotopic (exact) mass is 305 g/mol. The summed E-state index contributed by atoms with van der Waals surface area (Å²) in [6.45, 7) is 9.69. The van der Waals surface area contributed by atoms with Crippen molar-refractivity contribution in [3.05, 3.63) is 23.8 Å². The molecule has 2 rings (SSSR count). The highest BCUT2D eigenvalue weighted by Gasteiger charge is 2.22. The first kappa shape index (κ1) is 16.6. The lowest BCUT2D eigenvalue weighted by Crippen LogP contribution is -2.46. The molecule has 0 spiro atoms. The van der Waals surface area contributed by atoms with Gasteiger partial charge in [-0.3, -0.25) is 0 Å². The van der Waals surface area contributed by atoms with Crippen LogP contribution >= 0.6 is 0 Å². The van der Waals surface area contributed by atoms with Gasteiger partial charge in [0.25, 0.3) is 0 Å². The Morgan fingerprint density at radius 2 is 1.95 bits per heavy atom. The van der Waals surface area contributed by atoms with E-state index in [9.17, 15) is 4.79 Å². The highest BCUT2D eigenvalue weighted by atomic mass is 16.5. The number of benzene rings is 1. The number of ether oxygens (including phenoxy) is 1. The van der Waals surface area contributed by atoms with E-state index in [1.807, 2.05) is 32.2 Å². The van der Waals surface area contributed by atoms with E-state index in [0.29, 0.717) is 12.2 Å². The average molecular weight is 305 g/mol. The van der Waals surface area contributed by atoms with Gasteiger partial charge < -0.3 is 19.9 Å². The van der Waals surface area contributed by atoms with Crippen LogP contribution in [0.25, 0.3) is 0 Å². The van der Waals surface area contributed by atoms with E-state index in [-0.39, 0.29) is 5.97 Å². The minimum absolute atomic E-state index is 0.230. The summed E-state index contributed by atoms with van der Waals surface area (Å²) in [5.41, 5.74) is 2.57. The van der Waals surface area contributed by atoms with Gasteiger partial charge in [-0.15, -0.1) is 0 Å². The van der Waals surface area contributed by atoms with Gasteiger partial charge in [0.2, 0.25) is 0 Å². The van der Waals surface area contributed by atoms with Crippen molar-refractivity contribution in [2.45, 2.75) is 20.3 Å². The smallest absolute Gasteiger partial charge is 0.340 e. The van der Waals surface area contributed by atoms with Gasteiger partial charge >= 0.3 is 5.97 Å². The molecule has 5 heteroatoms. The molecule has 0 unspecified atom stereocenters. The summed E-state index contributed by atoms with van der Waals surface area (Å²) in [6.07, 6.45) is 0.835. The Kier molecular flexibility index (Phi) is 6.07. The molecule has 22 heavy (non-hydrogen) atoms. The zero-order valence-corrected chi connectivity index (χ0v) is 13.9. The molecular weight excluding hydrogens is 278 g/mol. The summed E-state index contributed by atoms with van der Waals surface area (Å²) in [5.74, 6) is -0.230. The van der Waals surface area contributed by atoms with E-state index >= 15 is 0 Å². The molecule has 122 valence electrons. The molecule has 1 heterocycles. The molecule has 0 aromatic heterocycles. The zero-order chi connectivity index (χ0) is 15.9. The second kappa shape index (κ2) is 8.03. The first-order valence-corrected chi connectivity index (χ1v) is 8.15. The van der Waals surface area contributed by atoms with Gasteiger partial charge in [0.1, 0.15) is 0 Å². The van der Waals surface area contributed by atoms with Crippen molar-refractivity contribution in [2.75, 3.05) is 56.6 Å². The molecule has 1 aliphatic rings. The Hall–Kier alpha value is -1.75. The molecule has 1 aromatic carbocycles. The molecule has 1 N–H and O–H groups in total. The van der Waals surface area contributed by atoms with Crippen LogP contribution in [-0.2, 0) is 4.74 Å². The Labute approximate surface area is 133 Å². The number of piperazine rings is 1. The summed E-state index contributed by atoms with van der Waals surface area (Å²) in [5, 5.41) is 3.09.